The van der Waals surface area contributed by atoms with Crippen LogP contribution in [0.2, 0.25) is 0 Å². The molecule has 5 aromatic heterocycles. The summed E-state index contributed by atoms with van der Waals surface area (Å²) in [5.74, 6) is 1.11. The Morgan fingerprint density at radius 1 is 1.35 bits per heavy atom. The second-order valence-corrected chi connectivity index (χ2v) is 8.47. The monoisotopic (exact) mass is 460 g/mol. The van der Waals surface area contributed by atoms with Gasteiger partial charge in [0, 0.05) is 44.4 Å². The van der Waals surface area contributed by atoms with Gasteiger partial charge in [0.15, 0.2) is 16.7 Å². The second kappa shape index (κ2) is 7.72. The Bertz CT molecular complexity index is 1500. The van der Waals surface area contributed by atoms with Gasteiger partial charge in [0.05, 0.1) is 30.1 Å². The highest BCUT2D eigenvalue weighted by molar-refractivity contribution is 5.97. The molecule has 1 N–H and O–H groups in total. The molecule has 0 saturated carbocycles. The Morgan fingerprint density at radius 3 is 3.03 bits per heavy atom. The van der Waals surface area contributed by atoms with Crippen molar-refractivity contribution >= 4 is 28.2 Å². The van der Waals surface area contributed by atoms with Crippen molar-refractivity contribution in [2.24, 2.45) is 7.05 Å². The average Bonchev–Trinajstić information content (AvgIpc) is 3.63. The van der Waals surface area contributed by atoms with Crippen LogP contribution in [0.15, 0.2) is 35.3 Å². The molecule has 6 rings (SSSR count). The number of nitrogens with zero attached hydrogens (tertiary/aromatic N) is 7. The number of hydrogen-bond acceptors (Lipinski definition) is 7. The van der Waals surface area contributed by atoms with E-state index < -0.39 is 0 Å². The summed E-state index contributed by atoms with van der Waals surface area (Å²) >= 11 is 0. The summed E-state index contributed by atoms with van der Waals surface area (Å²) in [6.07, 6.45) is 5.42. The lowest BCUT2D eigenvalue weighted by atomic mass is 10.2. The Labute approximate surface area is 194 Å². The molecule has 1 saturated heterocycles. The number of furan rings is 1. The molecule has 0 aliphatic carbocycles. The third-order valence-electron chi connectivity index (χ3n) is 6.45. The zero-order valence-electron chi connectivity index (χ0n) is 19.1. The second-order valence-electron chi connectivity index (χ2n) is 8.47. The molecule has 6 heterocycles. The molecule has 11 nitrogen and oxygen atoms in total. The van der Waals surface area contributed by atoms with Crippen LogP contribution in [0.1, 0.15) is 29.5 Å². The highest BCUT2D eigenvalue weighted by Gasteiger charge is 2.30. The summed E-state index contributed by atoms with van der Waals surface area (Å²) in [4.78, 5) is 31.4. The van der Waals surface area contributed by atoms with Crippen molar-refractivity contribution in [2.75, 3.05) is 13.1 Å². The molecule has 1 atom stereocenters. The molecule has 11 heteroatoms. The molecule has 0 radical (unpaired) electrons. The van der Waals surface area contributed by atoms with E-state index in [1.54, 1.807) is 23.3 Å². The van der Waals surface area contributed by atoms with E-state index >= 15 is 0 Å². The van der Waals surface area contributed by atoms with E-state index in [2.05, 4.69) is 27.0 Å². The number of amides is 1. The molecule has 0 bridgehead atoms. The number of ether oxygens (including phenoxy) is 1. The van der Waals surface area contributed by atoms with Gasteiger partial charge in [-0.3, -0.25) is 9.48 Å². The van der Waals surface area contributed by atoms with Crippen LogP contribution in [0, 0.1) is 6.92 Å². The minimum Gasteiger partial charge on any atom is -0.471 e. The number of imidazole rings is 1. The molecule has 1 fully saturated rings. The number of likely N-dealkylation sites (tertiary alicyclic amines) is 1. The molecule has 174 valence electrons. The van der Waals surface area contributed by atoms with Crippen molar-refractivity contribution in [3.05, 3.63) is 42.3 Å². The number of aromatic nitrogens is 7. The van der Waals surface area contributed by atoms with Crippen LogP contribution in [0.3, 0.4) is 0 Å². The number of aryl methyl sites for hydroxylation is 2. The minimum absolute atomic E-state index is 0.0751. The third-order valence-corrected chi connectivity index (χ3v) is 6.45. The Balaban J connectivity index is 1.24. The summed E-state index contributed by atoms with van der Waals surface area (Å²) in [5.41, 5.74) is 5.26. The van der Waals surface area contributed by atoms with E-state index in [-0.39, 0.29) is 12.0 Å². The fraction of sp³-hybridized carbons (Fsp3) is 0.348. The molecule has 1 aliphatic heterocycles. The standard InChI is InChI=1S/C23H24N8O3/c1-4-31-13(2)15(10-26-31)20-28-19-21(29(20)3)24-12-25-22(19)34-14-5-7-30(11-14)23(32)17-9-18-16(27-17)6-8-33-18/h6,8-10,12,14,27H,4-5,7,11H2,1-3H3/t14-/m0/s1. The van der Waals surface area contributed by atoms with Gasteiger partial charge in [0.1, 0.15) is 23.9 Å². The molecule has 34 heavy (non-hydrogen) atoms. The summed E-state index contributed by atoms with van der Waals surface area (Å²) in [6.45, 7) is 5.93. The van der Waals surface area contributed by atoms with E-state index in [0.717, 1.165) is 29.1 Å². The highest BCUT2D eigenvalue weighted by atomic mass is 16.5. The van der Waals surface area contributed by atoms with Crippen LogP contribution >= 0.6 is 0 Å². The predicted molar refractivity (Wildman–Crippen MR) is 123 cm³/mol. The van der Waals surface area contributed by atoms with Crippen LogP contribution in [-0.2, 0) is 13.6 Å². The van der Waals surface area contributed by atoms with Crippen LogP contribution in [0.25, 0.3) is 33.7 Å². The maximum atomic E-state index is 12.9. The zero-order valence-corrected chi connectivity index (χ0v) is 19.1. The van der Waals surface area contributed by atoms with Gasteiger partial charge in [0.2, 0.25) is 5.88 Å². The summed E-state index contributed by atoms with van der Waals surface area (Å²) < 4.78 is 15.5. The topological polar surface area (TPSA) is 120 Å². The maximum Gasteiger partial charge on any atom is 0.270 e. The number of carbonyl (C=O) groups excluding carboxylic acids is 1. The normalized spacial score (nSPS) is 16.2. The van der Waals surface area contributed by atoms with Crippen molar-refractivity contribution < 1.29 is 13.9 Å². The smallest absolute Gasteiger partial charge is 0.270 e. The number of nitrogens with one attached hydrogen (secondary N) is 1. The minimum atomic E-state index is -0.185. The molecule has 0 spiro atoms. The van der Waals surface area contributed by atoms with Crippen molar-refractivity contribution in [1.29, 1.82) is 0 Å². The van der Waals surface area contributed by atoms with Crippen LogP contribution in [0.4, 0.5) is 0 Å². The largest absolute Gasteiger partial charge is 0.471 e. The predicted octanol–water partition coefficient (Wildman–Crippen LogP) is 2.92. The lowest BCUT2D eigenvalue weighted by molar-refractivity contribution is 0.0766. The molecular weight excluding hydrogens is 436 g/mol. The van der Waals surface area contributed by atoms with Crippen molar-refractivity contribution in [3.8, 4) is 17.3 Å². The van der Waals surface area contributed by atoms with E-state index in [9.17, 15) is 4.79 Å². The first-order chi connectivity index (χ1) is 16.5. The molecule has 0 aromatic carbocycles. The van der Waals surface area contributed by atoms with Gasteiger partial charge in [0.25, 0.3) is 5.91 Å². The third kappa shape index (κ3) is 3.15. The van der Waals surface area contributed by atoms with E-state index in [0.29, 0.717) is 47.8 Å². The van der Waals surface area contributed by atoms with E-state index in [1.807, 2.05) is 29.4 Å². The number of fused-ring (bicyclic) bond motifs is 2. The highest BCUT2D eigenvalue weighted by Crippen LogP contribution is 2.30. The van der Waals surface area contributed by atoms with Gasteiger partial charge in [-0.25, -0.2) is 9.97 Å². The van der Waals surface area contributed by atoms with Crippen LogP contribution in [-0.4, -0.2) is 64.3 Å². The van der Waals surface area contributed by atoms with Crippen LogP contribution in [0.5, 0.6) is 5.88 Å². The first-order valence-electron chi connectivity index (χ1n) is 11.3. The van der Waals surface area contributed by atoms with Crippen molar-refractivity contribution in [2.45, 2.75) is 32.9 Å². The van der Waals surface area contributed by atoms with E-state index in [4.69, 9.17) is 14.1 Å². The molecule has 1 amide bonds. The average molecular weight is 460 g/mol. The zero-order chi connectivity index (χ0) is 23.4. The first kappa shape index (κ1) is 20.5. The van der Waals surface area contributed by atoms with Crippen molar-refractivity contribution in [1.82, 2.24) is 39.2 Å². The Kier molecular flexibility index (Phi) is 4.64. The van der Waals surface area contributed by atoms with Gasteiger partial charge in [-0.1, -0.05) is 0 Å². The quantitative estimate of drug-likeness (QED) is 0.428. The Hall–Kier alpha value is -4.15. The number of aromatic amines is 1. The lowest BCUT2D eigenvalue weighted by Gasteiger charge is -2.16. The summed E-state index contributed by atoms with van der Waals surface area (Å²) in [5, 5.41) is 4.44. The van der Waals surface area contributed by atoms with Gasteiger partial charge < -0.3 is 23.6 Å². The van der Waals surface area contributed by atoms with Gasteiger partial charge in [-0.2, -0.15) is 10.1 Å². The number of carbonyl (C=O) groups is 1. The fourth-order valence-corrected chi connectivity index (χ4v) is 4.59. The first-order valence-corrected chi connectivity index (χ1v) is 11.3. The van der Waals surface area contributed by atoms with Crippen LogP contribution < -0.4 is 4.74 Å². The van der Waals surface area contributed by atoms with Gasteiger partial charge in [-0.15, -0.1) is 0 Å². The Morgan fingerprint density at radius 2 is 2.24 bits per heavy atom. The molecule has 1 aliphatic rings. The van der Waals surface area contributed by atoms with Gasteiger partial charge in [-0.05, 0) is 13.8 Å². The number of H-pyrrole nitrogens is 1. The molecular formula is C23H24N8O3. The molecule has 5 aromatic rings. The molecule has 0 unspecified atom stereocenters. The van der Waals surface area contributed by atoms with Gasteiger partial charge >= 0.3 is 0 Å². The maximum absolute atomic E-state index is 12.9. The fourth-order valence-electron chi connectivity index (χ4n) is 4.59. The van der Waals surface area contributed by atoms with E-state index in [1.165, 1.54) is 6.33 Å². The SMILES string of the molecule is CCn1ncc(-c2nc3c(O[C@H]4CCN(C(=O)c5cc6occc6[nH]5)C4)ncnc3n2C)c1C. The summed E-state index contributed by atoms with van der Waals surface area (Å²) in [7, 11) is 1.92. The summed E-state index contributed by atoms with van der Waals surface area (Å²) in [6, 6.07) is 3.54. The van der Waals surface area contributed by atoms with Crippen molar-refractivity contribution in [3.63, 3.8) is 0 Å². The number of rotatable bonds is 5. The number of hydrogen-bond donors (Lipinski definition) is 1. The lowest BCUT2D eigenvalue weighted by Crippen LogP contribution is -2.31.